The SMILES string of the molecule is CC(COCc1ccccc1)C(C)(C)Cc1cc(CC(C)(C)C)ccc1F. The summed E-state index contributed by atoms with van der Waals surface area (Å²) in [7, 11) is 0. The van der Waals surface area contributed by atoms with Gasteiger partial charge in [-0.25, -0.2) is 4.39 Å². The number of ether oxygens (including phenoxy) is 1. The number of hydrogen-bond donors (Lipinski definition) is 0. The monoisotopic (exact) mass is 370 g/mol. The fraction of sp³-hybridized carbons (Fsp3) is 0.520. The van der Waals surface area contributed by atoms with E-state index in [-0.39, 0.29) is 16.6 Å². The molecule has 0 spiro atoms. The fourth-order valence-corrected chi connectivity index (χ4v) is 3.30. The van der Waals surface area contributed by atoms with Crippen LogP contribution in [0.4, 0.5) is 4.39 Å². The van der Waals surface area contributed by atoms with E-state index in [1.54, 1.807) is 6.07 Å². The third-order valence-corrected chi connectivity index (χ3v) is 5.30. The Morgan fingerprint density at radius 1 is 0.889 bits per heavy atom. The summed E-state index contributed by atoms with van der Waals surface area (Å²) in [6, 6.07) is 15.8. The van der Waals surface area contributed by atoms with Gasteiger partial charge >= 0.3 is 0 Å². The predicted octanol–water partition coefficient (Wildman–Crippen LogP) is 6.84. The van der Waals surface area contributed by atoms with Crippen LogP contribution < -0.4 is 0 Å². The number of benzene rings is 2. The molecule has 0 saturated heterocycles. The average Bonchev–Trinajstić information content (AvgIpc) is 2.57. The van der Waals surface area contributed by atoms with E-state index in [0.717, 1.165) is 12.0 Å². The van der Waals surface area contributed by atoms with E-state index >= 15 is 0 Å². The summed E-state index contributed by atoms with van der Waals surface area (Å²) in [4.78, 5) is 0. The molecule has 0 saturated carbocycles. The summed E-state index contributed by atoms with van der Waals surface area (Å²) in [6.07, 6.45) is 1.67. The minimum absolute atomic E-state index is 0.0438. The predicted molar refractivity (Wildman–Crippen MR) is 112 cm³/mol. The highest BCUT2D eigenvalue weighted by Crippen LogP contribution is 2.33. The molecule has 0 bridgehead atoms. The zero-order valence-electron chi connectivity index (χ0n) is 17.8. The van der Waals surface area contributed by atoms with Gasteiger partial charge in [-0.2, -0.15) is 0 Å². The van der Waals surface area contributed by atoms with E-state index < -0.39 is 0 Å². The standard InChI is InChI=1S/C25H35FO/c1-19(17-27-18-20-10-8-7-9-11-20)25(5,6)16-22-14-21(12-13-23(22)26)15-24(2,3)4/h7-14,19H,15-18H2,1-6H3. The molecule has 2 heteroatoms. The summed E-state index contributed by atoms with van der Waals surface area (Å²) in [6.45, 7) is 14.5. The molecule has 27 heavy (non-hydrogen) atoms. The fourth-order valence-electron chi connectivity index (χ4n) is 3.30. The Bertz CT molecular complexity index is 713. The van der Waals surface area contributed by atoms with E-state index in [0.29, 0.717) is 25.6 Å². The lowest BCUT2D eigenvalue weighted by Gasteiger charge is -2.32. The van der Waals surface area contributed by atoms with E-state index in [4.69, 9.17) is 4.74 Å². The molecule has 0 heterocycles. The van der Waals surface area contributed by atoms with Crippen LogP contribution in [-0.2, 0) is 24.2 Å². The molecule has 2 aromatic carbocycles. The first-order valence-corrected chi connectivity index (χ1v) is 9.96. The first-order chi connectivity index (χ1) is 12.6. The Kier molecular flexibility index (Phi) is 7.22. The van der Waals surface area contributed by atoms with Crippen LogP contribution in [0.3, 0.4) is 0 Å². The van der Waals surface area contributed by atoms with E-state index in [1.165, 1.54) is 11.1 Å². The molecule has 0 aliphatic carbocycles. The van der Waals surface area contributed by atoms with Crippen LogP contribution in [-0.4, -0.2) is 6.61 Å². The Morgan fingerprint density at radius 3 is 2.19 bits per heavy atom. The highest BCUT2D eigenvalue weighted by Gasteiger charge is 2.28. The Hall–Kier alpha value is -1.67. The smallest absolute Gasteiger partial charge is 0.126 e. The zero-order valence-corrected chi connectivity index (χ0v) is 17.8. The van der Waals surface area contributed by atoms with Crippen molar-refractivity contribution in [3.63, 3.8) is 0 Å². The number of hydrogen-bond acceptors (Lipinski definition) is 1. The van der Waals surface area contributed by atoms with Crippen molar-refractivity contribution in [1.82, 2.24) is 0 Å². The van der Waals surface area contributed by atoms with Gasteiger partial charge in [0.25, 0.3) is 0 Å². The second-order valence-electron chi connectivity index (χ2n) is 9.73. The maximum atomic E-state index is 14.4. The van der Waals surface area contributed by atoms with Crippen molar-refractivity contribution in [3.8, 4) is 0 Å². The molecule has 0 aliphatic rings. The molecule has 0 aliphatic heterocycles. The largest absolute Gasteiger partial charge is 0.376 e. The van der Waals surface area contributed by atoms with Crippen LogP contribution in [0.25, 0.3) is 0 Å². The quantitative estimate of drug-likeness (QED) is 0.494. The summed E-state index contributed by atoms with van der Waals surface area (Å²) < 4.78 is 20.4. The third-order valence-electron chi connectivity index (χ3n) is 5.30. The second kappa shape index (κ2) is 9.01. The lowest BCUT2D eigenvalue weighted by Crippen LogP contribution is -2.28. The van der Waals surface area contributed by atoms with Crippen molar-refractivity contribution in [1.29, 1.82) is 0 Å². The van der Waals surface area contributed by atoms with Gasteiger partial charge in [0.15, 0.2) is 0 Å². The summed E-state index contributed by atoms with van der Waals surface area (Å²) in [5.74, 6) is 0.227. The lowest BCUT2D eigenvalue weighted by molar-refractivity contribution is 0.0473. The maximum Gasteiger partial charge on any atom is 0.126 e. The normalized spacial score (nSPS) is 13.6. The number of rotatable bonds is 8. The van der Waals surface area contributed by atoms with Gasteiger partial charge in [0.2, 0.25) is 0 Å². The van der Waals surface area contributed by atoms with Crippen LogP contribution >= 0.6 is 0 Å². The van der Waals surface area contributed by atoms with Gasteiger partial charge in [0, 0.05) is 0 Å². The average molecular weight is 371 g/mol. The second-order valence-corrected chi connectivity index (χ2v) is 9.73. The first-order valence-electron chi connectivity index (χ1n) is 9.96. The summed E-state index contributed by atoms with van der Waals surface area (Å²) >= 11 is 0. The van der Waals surface area contributed by atoms with Crippen LogP contribution in [0, 0.1) is 22.6 Å². The van der Waals surface area contributed by atoms with Crippen molar-refractivity contribution in [3.05, 3.63) is 71.0 Å². The van der Waals surface area contributed by atoms with Gasteiger partial charge in [0.1, 0.15) is 5.82 Å². The zero-order chi connectivity index (χ0) is 20.1. The van der Waals surface area contributed by atoms with Crippen molar-refractivity contribution < 1.29 is 9.13 Å². The van der Waals surface area contributed by atoms with Crippen molar-refractivity contribution in [2.24, 2.45) is 16.7 Å². The molecule has 2 aromatic rings. The molecule has 0 radical (unpaired) electrons. The lowest BCUT2D eigenvalue weighted by atomic mass is 9.75. The van der Waals surface area contributed by atoms with Crippen LogP contribution in [0.5, 0.6) is 0 Å². The van der Waals surface area contributed by atoms with E-state index in [9.17, 15) is 4.39 Å². The molecule has 0 amide bonds. The van der Waals surface area contributed by atoms with Gasteiger partial charge in [-0.15, -0.1) is 0 Å². The Balaban J connectivity index is 1.98. The topological polar surface area (TPSA) is 9.23 Å². The van der Waals surface area contributed by atoms with Gasteiger partial charge in [-0.1, -0.05) is 84.0 Å². The molecule has 1 atom stereocenters. The molecular weight excluding hydrogens is 335 g/mol. The van der Waals surface area contributed by atoms with Crippen LogP contribution in [0.15, 0.2) is 48.5 Å². The number of halogens is 1. The first kappa shape index (κ1) is 21.6. The van der Waals surface area contributed by atoms with E-state index in [1.807, 2.05) is 24.3 Å². The summed E-state index contributed by atoms with van der Waals surface area (Å²) in [5, 5.41) is 0. The van der Waals surface area contributed by atoms with Gasteiger partial charge < -0.3 is 4.74 Å². The van der Waals surface area contributed by atoms with Crippen molar-refractivity contribution in [2.75, 3.05) is 6.61 Å². The third kappa shape index (κ3) is 7.10. The molecule has 148 valence electrons. The Morgan fingerprint density at radius 2 is 1.56 bits per heavy atom. The molecule has 0 fully saturated rings. The molecule has 1 unspecified atom stereocenters. The van der Waals surface area contributed by atoms with Crippen LogP contribution in [0.2, 0.25) is 0 Å². The van der Waals surface area contributed by atoms with Crippen LogP contribution in [0.1, 0.15) is 58.2 Å². The van der Waals surface area contributed by atoms with E-state index in [2.05, 4.69) is 59.7 Å². The maximum absolute atomic E-state index is 14.4. The summed E-state index contributed by atoms with van der Waals surface area (Å²) in [5.41, 5.74) is 3.36. The molecule has 0 aromatic heterocycles. The highest BCUT2D eigenvalue weighted by atomic mass is 19.1. The molecule has 1 nitrogen and oxygen atoms in total. The van der Waals surface area contributed by atoms with Gasteiger partial charge in [-0.3, -0.25) is 0 Å². The Labute approximate surface area is 165 Å². The molecule has 0 N–H and O–H groups in total. The minimum atomic E-state index is -0.0989. The van der Waals surface area contributed by atoms with Gasteiger partial charge in [-0.05, 0) is 52.3 Å². The molecule has 2 rings (SSSR count). The highest BCUT2D eigenvalue weighted by molar-refractivity contribution is 5.27. The molecular formula is C25H35FO. The van der Waals surface area contributed by atoms with Crippen molar-refractivity contribution >= 4 is 0 Å². The minimum Gasteiger partial charge on any atom is -0.376 e. The van der Waals surface area contributed by atoms with Crippen molar-refractivity contribution in [2.45, 2.75) is 61.0 Å². The van der Waals surface area contributed by atoms with Gasteiger partial charge in [0.05, 0.1) is 13.2 Å².